The summed E-state index contributed by atoms with van der Waals surface area (Å²) >= 11 is 0. The minimum absolute atomic E-state index is 0.0351. The lowest BCUT2D eigenvalue weighted by Crippen LogP contribution is -2.13. The highest BCUT2D eigenvalue weighted by Crippen LogP contribution is 2.32. The van der Waals surface area contributed by atoms with E-state index in [1.165, 1.54) is 12.8 Å². The summed E-state index contributed by atoms with van der Waals surface area (Å²) in [4.78, 5) is 19.9. The molecule has 2 heterocycles. The lowest BCUT2D eigenvalue weighted by molar-refractivity contribution is -0.116. The second-order valence-electron chi connectivity index (χ2n) is 4.42. The predicted octanol–water partition coefficient (Wildman–Crippen LogP) is 1.40. The molecule has 1 aliphatic rings. The first-order valence-electron chi connectivity index (χ1n) is 5.93. The van der Waals surface area contributed by atoms with Crippen molar-refractivity contribution in [3.8, 4) is 5.95 Å². The molecule has 0 aliphatic heterocycles. The molecule has 92 valence electrons. The van der Waals surface area contributed by atoms with Crippen molar-refractivity contribution in [1.82, 2.24) is 19.7 Å². The molecule has 3 rings (SSSR count). The van der Waals surface area contributed by atoms with Crippen LogP contribution < -0.4 is 5.32 Å². The molecule has 0 aromatic carbocycles. The molecular weight excluding hydrogens is 230 g/mol. The normalized spacial score (nSPS) is 14.4. The Morgan fingerprint density at radius 1 is 1.39 bits per heavy atom. The second kappa shape index (κ2) is 4.56. The first-order chi connectivity index (χ1) is 8.81. The molecule has 6 heteroatoms. The van der Waals surface area contributed by atoms with E-state index >= 15 is 0 Å². The molecule has 6 nitrogen and oxygen atoms in total. The maximum absolute atomic E-state index is 11.6. The fraction of sp³-hybridized carbons (Fsp3) is 0.333. The van der Waals surface area contributed by atoms with E-state index in [0.29, 0.717) is 24.0 Å². The third-order valence-corrected chi connectivity index (χ3v) is 2.80. The van der Waals surface area contributed by atoms with Gasteiger partial charge in [0.2, 0.25) is 5.91 Å². The van der Waals surface area contributed by atoms with Crippen molar-refractivity contribution in [1.29, 1.82) is 0 Å². The van der Waals surface area contributed by atoms with Crippen LogP contribution in [0.2, 0.25) is 0 Å². The van der Waals surface area contributed by atoms with Gasteiger partial charge in [0.1, 0.15) is 0 Å². The summed E-state index contributed by atoms with van der Waals surface area (Å²) in [7, 11) is 0. The summed E-state index contributed by atoms with van der Waals surface area (Å²) in [5, 5.41) is 6.82. The number of anilines is 1. The van der Waals surface area contributed by atoms with Crippen molar-refractivity contribution < 1.29 is 4.79 Å². The molecule has 18 heavy (non-hydrogen) atoms. The molecule has 2 aromatic rings. The average molecular weight is 243 g/mol. The van der Waals surface area contributed by atoms with Crippen molar-refractivity contribution in [2.75, 3.05) is 5.32 Å². The molecule has 1 saturated carbocycles. The SMILES string of the molecule is O=C(CC1CC1)Nc1cnc(-n2cccn2)nc1. The number of carbonyl (C=O) groups excluding carboxylic acids is 1. The van der Waals surface area contributed by atoms with E-state index in [1.807, 2.05) is 0 Å². The van der Waals surface area contributed by atoms with Crippen molar-refractivity contribution in [3.63, 3.8) is 0 Å². The van der Waals surface area contributed by atoms with Gasteiger partial charge in [-0.1, -0.05) is 0 Å². The Balaban J connectivity index is 1.65. The lowest BCUT2D eigenvalue weighted by Gasteiger charge is -2.04. The summed E-state index contributed by atoms with van der Waals surface area (Å²) in [5.41, 5.74) is 0.622. The zero-order valence-corrected chi connectivity index (χ0v) is 9.78. The van der Waals surface area contributed by atoms with Gasteiger partial charge in [0.05, 0.1) is 18.1 Å². The second-order valence-corrected chi connectivity index (χ2v) is 4.42. The van der Waals surface area contributed by atoms with Gasteiger partial charge in [-0.05, 0) is 24.8 Å². The Hall–Kier alpha value is -2.24. The topological polar surface area (TPSA) is 72.7 Å². The van der Waals surface area contributed by atoms with Gasteiger partial charge in [-0.25, -0.2) is 14.6 Å². The smallest absolute Gasteiger partial charge is 0.250 e. The number of nitrogens with one attached hydrogen (secondary N) is 1. The van der Waals surface area contributed by atoms with E-state index in [2.05, 4.69) is 20.4 Å². The van der Waals surface area contributed by atoms with Crippen LogP contribution in [0.3, 0.4) is 0 Å². The fourth-order valence-corrected chi connectivity index (χ4v) is 1.69. The van der Waals surface area contributed by atoms with Crippen molar-refractivity contribution in [2.24, 2.45) is 5.92 Å². The number of hydrogen-bond acceptors (Lipinski definition) is 4. The summed E-state index contributed by atoms with van der Waals surface area (Å²) in [6, 6.07) is 1.80. The van der Waals surface area contributed by atoms with Crippen LogP contribution in [0.25, 0.3) is 5.95 Å². The number of carbonyl (C=O) groups is 1. The third kappa shape index (κ3) is 2.53. The van der Waals surface area contributed by atoms with Crippen molar-refractivity contribution in [3.05, 3.63) is 30.9 Å². The van der Waals surface area contributed by atoms with Gasteiger partial charge in [-0.3, -0.25) is 4.79 Å². The molecule has 0 atom stereocenters. The highest BCUT2D eigenvalue weighted by atomic mass is 16.1. The van der Waals surface area contributed by atoms with Crippen LogP contribution in [-0.4, -0.2) is 25.7 Å². The van der Waals surface area contributed by atoms with Crippen LogP contribution >= 0.6 is 0 Å². The molecular formula is C12H13N5O. The molecule has 0 unspecified atom stereocenters. The highest BCUT2D eigenvalue weighted by Gasteiger charge is 2.24. The average Bonchev–Trinajstić information content (AvgIpc) is 3.01. The minimum atomic E-state index is 0.0351. The maximum Gasteiger partial charge on any atom is 0.250 e. The molecule has 0 spiro atoms. The summed E-state index contributed by atoms with van der Waals surface area (Å²) in [6.45, 7) is 0. The molecule has 1 fully saturated rings. The number of rotatable bonds is 4. The van der Waals surface area contributed by atoms with Gasteiger partial charge in [-0.15, -0.1) is 0 Å². The molecule has 0 saturated heterocycles. The molecule has 1 amide bonds. The van der Waals surface area contributed by atoms with Gasteiger partial charge in [0, 0.05) is 18.8 Å². The largest absolute Gasteiger partial charge is 0.323 e. The first kappa shape index (κ1) is 10.9. The lowest BCUT2D eigenvalue weighted by atomic mass is 10.3. The third-order valence-electron chi connectivity index (χ3n) is 2.80. The van der Waals surface area contributed by atoms with Gasteiger partial charge in [0.15, 0.2) is 0 Å². The minimum Gasteiger partial charge on any atom is -0.323 e. The number of nitrogens with zero attached hydrogens (tertiary/aromatic N) is 4. The standard InChI is InChI=1S/C12H13N5O/c18-11(6-9-2-3-9)16-10-7-13-12(14-8-10)17-5-1-4-15-17/h1,4-5,7-9H,2-3,6H2,(H,16,18). The van der Waals surface area contributed by atoms with Crippen molar-refractivity contribution in [2.45, 2.75) is 19.3 Å². The van der Waals surface area contributed by atoms with Gasteiger partial charge in [-0.2, -0.15) is 5.10 Å². The Morgan fingerprint density at radius 3 is 2.78 bits per heavy atom. The van der Waals surface area contributed by atoms with Crippen LogP contribution in [0.5, 0.6) is 0 Å². The van der Waals surface area contributed by atoms with Crippen molar-refractivity contribution >= 4 is 11.6 Å². The van der Waals surface area contributed by atoms with Crippen LogP contribution in [-0.2, 0) is 4.79 Å². The summed E-state index contributed by atoms with van der Waals surface area (Å²) in [6.07, 6.45) is 9.55. The molecule has 0 bridgehead atoms. The van der Waals surface area contributed by atoms with E-state index in [4.69, 9.17) is 0 Å². The fourth-order valence-electron chi connectivity index (χ4n) is 1.69. The Bertz CT molecular complexity index is 530. The van der Waals surface area contributed by atoms with Crippen LogP contribution in [0.15, 0.2) is 30.9 Å². The van der Waals surface area contributed by atoms with E-state index in [1.54, 1.807) is 35.5 Å². The highest BCUT2D eigenvalue weighted by molar-refractivity contribution is 5.90. The Morgan fingerprint density at radius 2 is 2.17 bits per heavy atom. The summed E-state index contributed by atoms with van der Waals surface area (Å²) in [5.74, 6) is 1.10. The molecule has 0 radical (unpaired) electrons. The monoisotopic (exact) mass is 243 g/mol. The quantitative estimate of drug-likeness (QED) is 0.881. The molecule has 1 N–H and O–H groups in total. The Labute approximate surface area is 104 Å². The zero-order chi connectivity index (χ0) is 12.4. The van der Waals surface area contributed by atoms with E-state index in [9.17, 15) is 4.79 Å². The molecule has 2 aromatic heterocycles. The van der Waals surface area contributed by atoms with Gasteiger partial charge in [0.25, 0.3) is 5.95 Å². The predicted molar refractivity (Wildman–Crippen MR) is 65.1 cm³/mol. The number of hydrogen-bond donors (Lipinski definition) is 1. The zero-order valence-electron chi connectivity index (χ0n) is 9.78. The summed E-state index contributed by atoms with van der Waals surface area (Å²) < 4.78 is 1.57. The van der Waals surface area contributed by atoms with Gasteiger partial charge >= 0.3 is 0 Å². The Kier molecular flexibility index (Phi) is 2.76. The first-order valence-corrected chi connectivity index (χ1v) is 5.93. The van der Waals surface area contributed by atoms with Gasteiger partial charge < -0.3 is 5.32 Å². The van der Waals surface area contributed by atoms with Crippen LogP contribution in [0.4, 0.5) is 5.69 Å². The number of aromatic nitrogens is 4. The van der Waals surface area contributed by atoms with E-state index < -0.39 is 0 Å². The van der Waals surface area contributed by atoms with E-state index in [-0.39, 0.29) is 5.91 Å². The number of amides is 1. The molecule has 1 aliphatic carbocycles. The van der Waals surface area contributed by atoms with E-state index in [0.717, 1.165) is 0 Å². The maximum atomic E-state index is 11.6. The van der Waals surface area contributed by atoms with Crippen LogP contribution in [0, 0.1) is 5.92 Å². The van der Waals surface area contributed by atoms with Crippen LogP contribution in [0.1, 0.15) is 19.3 Å².